The molecule has 1 aliphatic heterocycles. The van der Waals surface area contributed by atoms with Gasteiger partial charge in [0.15, 0.2) is 15.0 Å². The molecule has 3 aromatic rings. The fourth-order valence-electron chi connectivity index (χ4n) is 5.32. The largest absolute Gasteiger partial charge is 0.481 e. The highest BCUT2D eigenvalue weighted by Crippen LogP contribution is 2.36. The van der Waals surface area contributed by atoms with E-state index in [1.165, 1.54) is 24.2 Å². The number of anilines is 1. The Kier molecular flexibility index (Phi) is 7.55. The van der Waals surface area contributed by atoms with Crippen molar-refractivity contribution in [3.8, 4) is 5.88 Å². The minimum atomic E-state index is -3.38. The Morgan fingerprint density at radius 1 is 1.08 bits per heavy atom. The number of nitrogens with zero attached hydrogens (tertiary/aromatic N) is 2. The van der Waals surface area contributed by atoms with E-state index in [-0.39, 0.29) is 17.1 Å². The molecule has 2 aromatic heterocycles. The molecule has 36 heavy (non-hydrogen) atoms. The molecule has 10 heteroatoms. The fourth-order valence-corrected chi connectivity index (χ4v) is 7.91. The minimum Gasteiger partial charge on any atom is -0.481 e. The number of aromatic nitrogens is 2. The second-order valence-electron chi connectivity index (χ2n) is 9.69. The molecular formula is C26H32N4O4S2. The number of benzene rings is 1. The van der Waals surface area contributed by atoms with Crippen molar-refractivity contribution in [3.05, 3.63) is 42.0 Å². The maximum Gasteiger partial charge on any atom is 0.233 e. The topological polar surface area (TPSA) is 110 Å². The van der Waals surface area contributed by atoms with Gasteiger partial charge in [0.05, 0.1) is 23.2 Å². The van der Waals surface area contributed by atoms with Gasteiger partial charge >= 0.3 is 0 Å². The fraction of sp³-hybridized carbons (Fsp3) is 0.500. The Hall–Kier alpha value is -2.56. The summed E-state index contributed by atoms with van der Waals surface area (Å²) in [6.45, 7) is 1.44. The van der Waals surface area contributed by atoms with E-state index in [1.54, 1.807) is 25.3 Å². The number of fused-ring (bicyclic) bond motifs is 1. The summed E-state index contributed by atoms with van der Waals surface area (Å²) in [4.78, 5) is 23.5. The van der Waals surface area contributed by atoms with Crippen LogP contribution in [0.4, 0.5) is 5.13 Å². The van der Waals surface area contributed by atoms with Crippen LogP contribution in [0.15, 0.2) is 41.3 Å². The van der Waals surface area contributed by atoms with E-state index in [4.69, 9.17) is 4.74 Å². The van der Waals surface area contributed by atoms with E-state index in [0.29, 0.717) is 45.0 Å². The maximum atomic E-state index is 13.5. The monoisotopic (exact) mass is 528 g/mol. The second kappa shape index (κ2) is 10.8. The van der Waals surface area contributed by atoms with E-state index in [2.05, 4.69) is 20.6 Å². The van der Waals surface area contributed by atoms with E-state index >= 15 is 0 Å². The Balaban J connectivity index is 1.37. The lowest BCUT2D eigenvalue weighted by atomic mass is 9.87. The summed E-state index contributed by atoms with van der Waals surface area (Å²) in [5, 5.41) is 6.36. The first-order chi connectivity index (χ1) is 17.4. The van der Waals surface area contributed by atoms with Crippen LogP contribution in [-0.2, 0) is 14.6 Å². The summed E-state index contributed by atoms with van der Waals surface area (Å²) in [6.07, 6.45) is 6.62. The number of rotatable bonds is 8. The van der Waals surface area contributed by atoms with Crippen LogP contribution in [0.5, 0.6) is 5.88 Å². The quantitative estimate of drug-likeness (QED) is 0.442. The molecule has 5 rings (SSSR count). The number of methoxy groups -OCH3 is 1. The van der Waals surface area contributed by atoms with Gasteiger partial charge in [0.1, 0.15) is 10.3 Å². The van der Waals surface area contributed by atoms with Crippen LogP contribution in [0, 0.1) is 5.92 Å². The minimum absolute atomic E-state index is 0.123. The number of nitrogens with one attached hydrogen (secondary N) is 2. The molecule has 1 atom stereocenters. The molecule has 1 aliphatic carbocycles. The highest BCUT2D eigenvalue weighted by Gasteiger charge is 2.31. The molecule has 1 saturated carbocycles. The summed E-state index contributed by atoms with van der Waals surface area (Å²) in [5.41, 5.74) is 1.54. The molecule has 0 spiro atoms. The van der Waals surface area contributed by atoms with Gasteiger partial charge < -0.3 is 15.4 Å². The van der Waals surface area contributed by atoms with Crippen LogP contribution in [0.2, 0.25) is 0 Å². The first-order valence-corrected chi connectivity index (χ1v) is 15.0. The SMILES string of the molecule is COc1ccc2nc(NC(=O)C(CC3CCCC3)c3ccc(S(=O)(=O)C4CCNCC4)cc3)sc2n1. The third-order valence-corrected chi connectivity index (χ3v) is 10.5. The van der Waals surface area contributed by atoms with Gasteiger partial charge in [-0.15, -0.1) is 0 Å². The highest BCUT2D eigenvalue weighted by molar-refractivity contribution is 7.92. The van der Waals surface area contributed by atoms with Gasteiger partial charge in [-0.3, -0.25) is 4.79 Å². The van der Waals surface area contributed by atoms with Crippen molar-refractivity contribution in [1.82, 2.24) is 15.3 Å². The van der Waals surface area contributed by atoms with Crippen LogP contribution in [0.1, 0.15) is 56.4 Å². The number of thiazole rings is 1. The van der Waals surface area contributed by atoms with Crippen molar-refractivity contribution < 1.29 is 17.9 Å². The van der Waals surface area contributed by atoms with Gasteiger partial charge in [0.25, 0.3) is 0 Å². The number of carbonyl (C=O) groups is 1. The first kappa shape index (κ1) is 25.1. The molecule has 8 nitrogen and oxygen atoms in total. The average Bonchev–Trinajstić information content (AvgIpc) is 3.56. The van der Waals surface area contributed by atoms with Crippen LogP contribution in [0.3, 0.4) is 0 Å². The standard InChI is InChI=1S/C26H32N4O4S2/c1-34-23-11-10-22-25(29-23)35-26(28-22)30-24(31)21(16-17-4-2-3-5-17)18-6-8-19(9-7-18)36(32,33)20-12-14-27-15-13-20/h6-11,17,20-21,27H,2-5,12-16H2,1H3,(H,28,30,31). The molecule has 2 fully saturated rings. The predicted molar refractivity (Wildman–Crippen MR) is 141 cm³/mol. The van der Waals surface area contributed by atoms with Crippen molar-refractivity contribution in [2.75, 3.05) is 25.5 Å². The number of amides is 1. The normalized spacial score (nSPS) is 18.4. The lowest BCUT2D eigenvalue weighted by molar-refractivity contribution is -0.118. The van der Waals surface area contributed by atoms with Gasteiger partial charge in [-0.1, -0.05) is 49.2 Å². The smallest absolute Gasteiger partial charge is 0.233 e. The molecule has 3 heterocycles. The predicted octanol–water partition coefficient (Wildman–Crippen LogP) is 4.53. The Morgan fingerprint density at radius 2 is 1.81 bits per heavy atom. The van der Waals surface area contributed by atoms with Gasteiger partial charge in [0.2, 0.25) is 11.8 Å². The van der Waals surface area contributed by atoms with E-state index in [0.717, 1.165) is 37.9 Å². The molecule has 1 aromatic carbocycles. The molecule has 2 N–H and O–H groups in total. The van der Waals surface area contributed by atoms with Gasteiger partial charge in [-0.2, -0.15) is 0 Å². The molecule has 0 radical (unpaired) electrons. The third-order valence-electron chi connectivity index (χ3n) is 7.37. The van der Waals surface area contributed by atoms with Gasteiger partial charge in [-0.05, 0) is 62.0 Å². The van der Waals surface area contributed by atoms with Crippen molar-refractivity contribution in [1.29, 1.82) is 0 Å². The van der Waals surface area contributed by atoms with Crippen LogP contribution in [0.25, 0.3) is 10.3 Å². The van der Waals surface area contributed by atoms with Crippen molar-refractivity contribution in [2.45, 2.75) is 61.0 Å². The lowest BCUT2D eigenvalue weighted by Crippen LogP contribution is -2.35. The lowest BCUT2D eigenvalue weighted by Gasteiger charge is -2.23. The zero-order valence-electron chi connectivity index (χ0n) is 20.4. The number of pyridine rings is 1. The summed E-state index contributed by atoms with van der Waals surface area (Å²) < 4.78 is 31.4. The Labute approximate surface area is 215 Å². The van der Waals surface area contributed by atoms with Crippen LogP contribution >= 0.6 is 11.3 Å². The molecule has 1 amide bonds. The molecular weight excluding hydrogens is 496 g/mol. The number of sulfone groups is 1. The number of hydrogen-bond donors (Lipinski definition) is 2. The number of carbonyl (C=O) groups excluding carboxylic acids is 1. The average molecular weight is 529 g/mol. The number of hydrogen-bond acceptors (Lipinski definition) is 8. The first-order valence-electron chi connectivity index (χ1n) is 12.6. The summed E-state index contributed by atoms with van der Waals surface area (Å²) in [6, 6.07) is 10.6. The molecule has 192 valence electrons. The maximum absolute atomic E-state index is 13.5. The van der Waals surface area contributed by atoms with Gasteiger partial charge in [-0.25, -0.2) is 18.4 Å². The van der Waals surface area contributed by atoms with E-state index in [1.807, 2.05) is 18.2 Å². The summed E-state index contributed by atoms with van der Waals surface area (Å²) in [5.74, 6) is 0.489. The third kappa shape index (κ3) is 5.40. The second-order valence-corrected chi connectivity index (χ2v) is 12.9. The van der Waals surface area contributed by atoms with Crippen molar-refractivity contribution >= 4 is 42.6 Å². The van der Waals surface area contributed by atoms with Crippen molar-refractivity contribution in [2.24, 2.45) is 5.92 Å². The molecule has 2 aliphatic rings. The van der Waals surface area contributed by atoms with E-state index in [9.17, 15) is 13.2 Å². The number of piperidine rings is 1. The number of ether oxygens (including phenoxy) is 1. The highest BCUT2D eigenvalue weighted by atomic mass is 32.2. The Bertz CT molecular complexity index is 1310. The van der Waals surface area contributed by atoms with E-state index < -0.39 is 9.84 Å². The Morgan fingerprint density at radius 3 is 2.50 bits per heavy atom. The molecule has 1 unspecified atom stereocenters. The molecule has 1 saturated heterocycles. The van der Waals surface area contributed by atoms with Crippen LogP contribution < -0.4 is 15.4 Å². The molecule has 0 bridgehead atoms. The zero-order chi connectivity index (χ0) is 25.1. The zero-order valence-corrected chi connectivity index (χ0v) is 22.0. The summed E-state index contributed by atoms with van der Waals surface area (Å²) in [7, 11) is -1.82. The van der Waals surface area contributed by atoms with Crippen molar-refractivity contribution in [3.63, 3.8) is 0 Å². The van der Waals surface area contributed by atoms with Gasteiger partial charge in [0, 0.05) is 6.07 Å². The summed E-state index contributed by atoms with van der Waals surface area (Å²) >= 11 is 1.31. The van der Waals surface area contributed by atoms with Crippen LogP contribution in [-0.4, -0.2) is 49.7 Å².